The van der Waals surface area contributed by atoms with Crippen LogP contribution in [0.3, 0.4) is 0 Å². The van der Waals surface area contributed by atoms with Crippen LogP contribution in [0.15, 0.2) is 65.6 Å². The number of rotatable bonds is 6. The number of para-hydroxylation sites is 1. The number of anilines is 1. The van der Waals surface area contributed by atoms with Crippen molar-refractivity contribution in [1.29, 1.82) is 0 Å². The van der Waals surface area contributed by atoms with Crippen LogP contribution in [0.4, 0.5) is 5.69 Å². The average Bonchev–Trinajstić information content (AvgIpc) is 3.12. The van der Waals surface area contributed by atoms with E-state index in [0.29, 0.717) is 11.1 Å². The van der Waals surface area contributed by atoms with Gasteiger partial charge in [0.1, 0.15) is 6.54 Å². The topological polar surface area (TPSA) is 81.4 Å². The van der Waals surface area contributed by atoms with E-state index in [-0.39, 0.29) is 18.0 Å². The van der Waals surface area contributed by atoms with Crippen LogP contribution in [0.2, 0.25) is 0 Å². The Morgan fingerprint density at radius 3 is 2.43 bits per heavy atom. The maximum Gasteiger partial charge on any atom is 0.281 e. The summed E-state index contributed by atoms with van der Waals surface area (Å²) < 4.78 is 8.69. The molecular weight excluding hydrogens is 442 g/mol. The molecule has 4 aromatic rings. The summed E-state index contributed by atoms with van der Waals surface area (Å²) in [4.78, 5) is 28.5. The molecule has 0 spiro atoms. The highest BCUT2D eigenvalue weighted by molar-refractivity contribution is 5.92. The van der Waals surface area contributed by atoms with E-state index >= 15 is 0 Å². The molecule has 8 nitrogen and oxygen atoms in total. The summed E-state index contributed by atoms with van der Waals surface area (Å²) in [6, 6.07) is 17.3. The van der Waals surface area contributed by atoms with E-state index in [1.807, 2.05) is 73.0 Å². The minimum Gasteiger partial charge on any atom is -0.379 e. The van der Waals surface area contributed by atoms with Gasteiger partial charge in [-0.05, 0) is 43.7 Å². The Hall–Kier alpha value is -3.75. The number of benzene rings is 2. The lowest BCUT2D eigenvalue weighted by molar-refractivity contribution is -0.116. The Bertz CT molecular complexity index is 1400. The standard InChI is InChI=1S/C27H29N5O3/c1-19-24-16-28-32(23-6-4-3-5-7-23)27(34)26(24)20(2)31(19)18-25(33)29-22-10-8-21(9-11-22)17-30-12-14-35-15-13-30/h3-11,16H,12-15,17-18H2,1-2H3,(H,29,33). The molecule has 5 rings (SSSR count). The minimum atomic E-state index is -0.190. The largest absolute Gasteiger partial charge is 0.379 e. The molecule has 3 heterocycles. The van der Waals surface area contributed by atoms with E-state index in [2.05, 4.69) is 15.3 Å². The summed E-state index contributed by atoms with van der Waals surface area (Å²) in [7, 11) is 0. The molecule has 0 bridgehead atoms. The Labute approximate surface area is 203 Å². The van der Waals surface area contributed by atoms with Crippen LogP contribution in [0, 0.1) is 13.8 Å². The highest BCUT2D eigenvalue weighted by atomic mass is 16.5. The molecule has 1 amide bonds. The Kier molecular flexibility index (Phi) is 6.48. The Balaban J connectivity index is 1.32. The first-order valence-corrected chi connectivity index (χ1v) is 11.8. The lowest BCUT2D eigenvalue weighted by Gasteiger charge is -2.26. The second-order valence-electron chi connectivity index (χ2n) is 8.88. The molecule has 1 N–H and O–H groups in total. The molecule has 2 aromatic heterocycles. The first kappa shape index (κ1) is 23.0. The average molecular weight is 472 g/mol. The van der Waals surface area contributed by atoms with Gasteiger partial charge < -0.3 is 14.6 Å². The second kappa shape index (κ2) is 9.85. The quantitative estimate of drug-likeness (QED) is 0.467. The van der Waals surface area contributed by atoms with Crippen molar-refractivity contribution in [3.63, 3.8) is 0 Å². The molecule has 0 radical (unpaired) electrons. The monoisotopic (exact) mass is 471 g/mol. The summed E-state index contributed by atoms with van der Waals surface area (Å²) in [5.74, 6) is -0.145. The van der Waals surface area contributed by atoms with Gasteiger partial charge in [-0.15, -0.1) is 0 Å². The minimum absolute atomic E-state index is 0.118. The van der Waals surface area contributed by atoms with Gasteiger partial charge in [0.25, 0.3) is 5.56 Å². The number of aryl methyl sites for hydroxylation is 2. The van der Waals surface area contributed by atoms with Gasteiger partial charge in [0.15, 0.2) is 0 Å². The van der Waals surface area contributed by atoms with Crippen LogP contribution in [0.5, 0.6) is 0 Å². The predicted octanol–water partition coefficient (Wildman–Crippen LogP) is 3.27. The third-order valence-corrected chi connectivity index (χ3v) is 6.59. The number of hydrogen-bond acceptors (Lipinski definition) is 5. The summed E-state index contributed by atoms with van der Waals surface area (Å²) >= 11 is 0. The molecule has 0 unspecified atom stereocenters. The lowest BCUT2D eigenvalue weighted by Crippen LogP contribution is -2.35. The normalized spacial score (nSPS) is 14.3. The number of amides is 1. The van der Waals surface area contributed by atoms with Gasteiger partial charge in [-0.25, -0.2) is 0 Å². The fourth-order valence-electron chi connectivity index (χ4n) is 4.65. The van der Waals surface area contributed by atoms with Gasteiger partial charge in [0.2, 0.25) is 5.91 Å². The third-order valence-electron chi connectivity index (χ3n) is 6.59. The van der Waals surface area contributed by atoms with Gasteiger partial charge in [0.05, 0.1) is 30.5 Å². The Morgan fingerprint density at radius 1 is 1.00 bits per heavy atom. The van der Waals surface area contributed by atoms with Crippen LogP contribution < -0.4 is 10.9 Å². The number of carbonyl (C=O) groups excluding carboxylic acids is 1. The van der Waals surface area contributed by atoms with Crippen molar-refractivity contribution in [2.75, 3.05) is 31.6 Å². The highest BCUT2D eigenvalue weighted by Gasteiger charge is 2.18. The van der Waals surface area contributed by atoms with E-state index in [1.165, 1.54) is 10.2 Å². The molecule has 180 valence electrons. The van der Waals surface area contributed by atoms with Crippen molar-refractivity contribution in [2.24, 2.45) is 0 Å². The van der Waals surface area contributed by atoms with Gasteiger partial charge in [-0.1, -0.05) is 30.3 Å². The van der Waals surface area contributed by atoms with Crippen LogP contribution in [0.1, 0.15) is 17.0 Å². The molecular formula is C27H29N5O3. The molecule has 1 aliphatic rings. The number of aromatic nitrogens is 3. The van der Waals surface area contributed by atoms with E-state index in [9.17, 15) is 9.59 Å². The fraction of sp³-hybridized carbons (Fsp3) is 0.296. The van der Waals surface area contributed by atoms with Crippen LogP contribution in [-0.4, -0.2) is 51.5 Å². The van der Waals surface area contributed by atoms with Gasteiger partial charge in [-0.3, -0.25) is 14.5 Å². The zero-order chi connectivity index (χ0) is 24.4. The molecule has 8 heteroatoms. The number of nitrogens with one attached hydrogen (secondary N) is 1. The fourth-order valence-corrected chi connectivity index (χ4v) is 4.65. The zero-order valence-electron chi connectivity index (χ0n) is 20.0. The maximum absolute atomic E-state index is 13.2. The van der Waals surface area contributed by atoms with Crippen molar-refractivity contribution >= 4 is 22.4 Å². The number of nitrogens with zero attached hydrogens (tertiary/aromatic N) is 4. The van der Waals surface area contributed by atoms with Crippen LogP contribution in [-0.2, 0) is 22.6 Å². The van der Waals surface area contributed by atoms with Crippen molar-refractivity contribution in [2.45, 2.75) is 26.9 Å². The summed E-state index contributed by atoms with van der Waals surface area (Å²) in [5, 5.41) is 8.70. The molecule has 2 aromatic carbocycles. The number of ether oxygens (including phenoxy) is 1. The number of carbonyl (C=O) groups is 1. The third kappa shape index (κ3) is 4.76. The molecule has 1 aliphatic heterocycles. The second-order valence-corrected chi connectivity index (χ2v) is 8.88. The molecule has 1 saturated heterocycles. The maximum atomic E-state index is 13.2. The van der Waals surface area contributed by atoms with Crippen molar-refractivity contribution in [1.82, 2.24) is 19.2 Å². The predicted molar refractivity (Wildman–Crippen MR) is 136 cm³/mol. The molecule has 1 fully saturated rings. The van der Waals surface area contributed by atoms with Gasteiger partial charge >= 0.3 is 0 Å². The van der Waals surface area contributed by atoms with Crippen LogP contribution in [0.25, 0.3) is 16.5 Å². The molecule has 0 saturated carbocycles. The number of morpholine rings is 1. The molecule has 0 aliphatic carbocycles. The van der Waals surface area contributed by atoms with Gasteiger partial charge in [0, 0.05) is 42.1 Å². The van der Waals surface area contributed by atoms with Crippen molar-refractivity contribution in [3.05, 3.63) is 88.1 Å². The lowest BCUT2D eigenvalue weighted by atomic mass is 10.2. The number of hydrogen-bond donors (Lipinski definition) is 1. The van der Waals surface area contributed by atoms with Crippen LogP contribution >= 0.6 is 0 Å². The van der Waals surface area contributed by atoms with Crippen molar-refractivity contribution in [3.8, 4) is 5.69 Å². The zero-order valence-corrected chi connectivity index (χ0v) is 20.0. The highest BCUT2D eigenvalue weighted by Crippen LogP contribution is 2.23. The Morgan fingerprint density at radius 2 is 1.71 bits per heavy atom. The summed E-state index contributed by atoms with van der Waals surface area (Å²) in [6.45, 7) is 8.21. The SMILES string of the molecule is Cc1c2cnn(-c3ccccc3)c(=O)c2c(C)n1CC(=O)Nc1ccc(CN2CCOCC2)cc1. The first-order chi connectivity index (χ1) is 17.0. The van der Waals surface area contributed by atoms with E-state index in [0.717, 1.165) is 55.3 Å². The van der Waals surface area contributed by atoms with E-state index in [4.69, 9.17) is 4.74 Å². The summed E-state index contributed by atoms with van der Waals surface area (Å²) in [5.41, 5.74) is 4.07. The smallest absolute Gasteiger partial charge is 0.281 e. The van der Waals surface area contributed by atoms with E-state index in [1.54, 1.807) is 6.20 Å². The molecule has 0 atom stereocenters. The number of fused-ring (bicyclic) bond motifs is 1. The summed E-state index contributed by atoms with van der Waals surface area (Å²) in [6.07, 6.45) is 1.70. The first-order valence-electron chi connectivity index (χ1n) is 11.8. The van der Waals surface area contributed by atoms with E-state index < -0.39 is 0 Å². The van der Waals surface area contributed by atoms with Gasteiger partial charge in [-0.2, -0.15) is 9.78 Å². The van der Waals surface area contributed by atoms with Crippen molar-refractivity contribution < 1.29 is 9.53 Å². The molecule has 35 heavy (non-hydrogen) atoms.